The number of amides is 11. The van der Waals surface area contributed by atoms with Crippen molar-refractivity contribution in [3.05, 3.63) is 36.0 Å². The van der Waals surface area contributed by atoms with Crippen molar-refractivity contribution >= 4 is 100 Å². The van der Waals surface area contributed by atoms with E-state index in [0.29, 0.717) is 16.5 Å². The third kappa shape index (κ3) is 21.7. The number of aromatic amines is 1. The summed E-state index contributed by atoms with van der Waals surface area (Å²) in [4.78, 5) is 169. The number of benzene rings is 1. The molecular formula is C46H69N13O15S. The largest absolute Gasteiger partial charge is 0.481 e. The summed E-state index contributed by atoms with van der Waals surface area (Å²) in [6, 6.07) is -6.95. The molecule has 0 unspecified atom stereocenters. The molecule has 1 aromatic carbocycles. The van der Waals surface area contributed by atoms with Gasteiger partial charge in [0.15, 0.2) is 0 Å². The zero-order valence-electron chi connectivity index (χ0n) is 42.3. The Morgan fingerprint density at radius 1 is 0.533 bits per heavy atom. The van der Waals surface area contributed by atoms with Gasteiger partial charge in [-0.2, -0.15) is 12.6 Å². The fourth-order valence-corrected chi connectivity index (χ4v) is 7.26. The second kappa shape index (κ2) is 30.4. The lowest BCUT2D eigenvalue weighted by molar-refractivity contribution is -0.142. The normalized spacial score (nSPS) is 15.1. The van der Waals surface area contributed by atoms with Crippen LogP contribution in [-0.2, 0) is 68.7 Å². The van der Waals surface area contributed by atoms with E-state index in [0.717, 1.165) is 0 Å². The molecule has 75 heavy (non-hydrogen) atoms. The molecule has 414 valence electrons. The molecule has 1 aromatic heterocycles. The summed E-state index contributed by atoms with van der Waals surface area (Å²) in [7, 11) is 0. The monoisotopic (exact) mass is 1080 g/mol. The maximum Gasteiger partial charge on any atom is 0.326 e. The molecule has 10 atom stereocenters. The maximum absolute atomic E-state index is 14.3. The number of carbonyl (C=O) groups excluding carboxylic acids is 11. The zero-order chi connectivity index (χ0) is 56.9. The first kappa shape index (κ1) is 63.3. The standard InChI is InChI=1S/C46H69N13O15S/c1-20(2)15-31(43(70)55-29(12-14-36(62)63)42(69)53-23(5)38(65)56-30(46(73)74)11-13-34(48)60)58-44(71)32(16-25-18-50-28-10-8-7-9-26(25)28)57-39(66)24(6)54-45(72)33(19-75)59-40(67)22(4)51-37(64)21(3)52-41(68)27(47)17-35(49)61/h7-10,18,20-24,27,29-33,50,75H,11-17,19,47H2,1-6H3,(H2,48,60)(H2,49,61)(H,51,64)(H,52,68)(H,53,69)(H,54,72)(H,55,70)(H,56,65)(H,57,66)(H,58,71)(H,59,67)(H,62,63)(H,73,74)/t21-,22-,23-,24-,27-,29-,30-,31-,32-,33-/m0/s1. The number of hydrogen-bond donors (Lipinski definition) is 16. The Morgan fingerprint density at radius 2 is 0.960 bits per heavy atom. The molecule has 2 aromatic rings. The van der Waals surface area contributed by atoms with Crippen LogP contribution in [-0.4, -0.2) is 158 Å². The van der Waals surface area contributed by atoms with Gasteiger partial charge < -0.3 is 80.2 Å². The predicted octanol–water partition coefficient (Wildman–Crippen LogP) is -4.45. The van der Waals surface area contributed by atoms with E-state index >= 15 is 0 Å². The lowest BCUT2D eigenvalue weighted by Crippen LogP contribution is -2.60. The molecule has 11 amide bonds. The summed E-state index contributed by atoms with van der Waals surface area (Å²) >= 11 is 4.15. The highest BCUT2D eigenvalue weighted by Crippen LogP contribution is 2.20. The molecule has 0 saturated heterocycles. The Labute approximate surface area is 436 Å². The molecule has 0 fully saturated rings. The van der Waals surface area contributed by atoms with E-state index in [1.165, 1.54) is 27.7 Å². The van der Waals surface area contributed by atoms with Gasteiger partial charge in [0, 0.05) is 42.1 Å². The van der Waals surface area contributed by atoms with Crippen molar-refractivity contribution in [1.82, 2.24) is 52.8 Å². The number of carboxylic acid groups (broad SMARTS) is 2. The van der Waals surface area contributed by atoms with Crippen molar-refractivity contribution < 1.29 is 72.5 Å². The lowest BCUT2D eigenvalue weighted by Gasteiger charge is -2.27. The highest BCUT2D eigenvalue weighted by atomic mass is 32.1. The maximum atomic E-state index is 14.3. The van der Waals surface area contributed by atoms with Gasteiger partial charge in [-0.05, 0) is 64.5 Å². The van der Waals surface area contributed by atoms with E-state index in [4.69, 9.17) is 17.2 Å². The number of aliphatic carboxylic acids is 2. The number of nitrogens with one attached hydrogen (secondary N) is 10. The number of fused-ring (bicyclic) bond motifs is 1. The highest BCUT2D eigenvalue weighted by molar-refractivity contribution is 7.80. The predicted molar refractivity (Wildman–Crippen MR) is 270 cm³/mol. The van der Waals surface area contributed by atoms with Crippen molar-refractivity contribution in [2.45, 2.75) is 147 Å². The molecule has 0 aliphatic heterocycles. The van der Waals surface area contributed by atoms with Crippen molar-refractivity contribution in [1.29, 1.82) is 0 Å². The van der Waals surface area contributed by atoms with E-state index in [1.54, 1.807) is 44.3 Å². The Balaban J connectivity index is 2.30. The summed E-state index contributed by atoms with van der Waals surface area (Å²) < 4.78 is 0. The lowest BCUT2D eigenvalue weighted by atomic mass is 10.00. The number of rotatable bonds is 32. The average molecular weight is 1080 g/mol. The van der Waals surface area contributed by atoms with E-state index < -0.39 is 157 Å². The van der Waals surface area contributed by atoms with Crippen LogP contribution in [0, 0.1) is 5.92 Å². The molecule has 0 bridgehead atoms. The van der Waals surface area contributed by atoms with Gasteiger partial charge in [-0.1, -0.05) is 32.0 Å². The van der Waals surface area contributed by atoms with Gasteiger partial charge in [0.2, 0.25) is 65.0 Å². The molecule has 0 aliphatic carbocycles. The van der Waals surface area contributed by atoms with Crippen molar-refractivity contribution in [2.24, 2.45) is 23.1 Å². The Hall–Kier alpha value is -7.82. The van der Waals surface area contributed by atoms with Gasteiger partial charge in [0.25, 0.3) is 0 Å². The van der Waals surface area contributed by atoms with E-state index in [9.17, 15) is 72.5 Å². The molecule has 2 rings (SSSR count). The van der Waals surface area contributed by atoms with Crippen LogP contribution in [0.25, 0.3) is 10.9 Å². The SMILES string of the molecule is CC(C)C[C@H](NC(=O)[C@H](Cc1c[nH]c2ccccc12)NC(=O)[C@H](C)NC(=O)[C@H](CS)NC(=O)[C@H](C)NC(=O)[C@H](C)NC(=O)[C@@H](N)CC(N)=O)C(=O)N[C@@H](CCC(=O)O)C(=O)N[C@@H](C)C(=O)N[C@@H](CCC(N)=O)C(=O)O. The topological polar surface area (TPSA) is 464 Å². The number of hydrogen-bond acceptors (Lipinski definition) is 15. The third-order valence-electron chi connectivity index (χ3n) is 11.2. The average Bonchev–Trinajstić information content (AvgIpc) is 3.73. The summed E-state index contributed by atoms with van der Waals surface area (Å²) in [6.07, 6.45) is -0.942. The van der Waals surface area contributed by atoms with Crippen LogP contribution >= 0.6 is 12.6 Å². The first-order valence-electron chi connectivity index (χ1n) is 23.7. The van der Waals surface area contributed by atoms with Crippen LogP contribution in [0.3, 0.4) is 0 Å². The fraction of sp³-hybridized carbons (Fsp3) is 0.543. The van der Waals surface area contributed by atoms with E-state index in [-0.39, 0.29) is 37.4 Å². The number of carbonyl (C=O) groups is 13. The number of aromatic nitrogens is 1. The second-order valence-corrected chi connectivity index (χ2v) is 18.5. The fourth-order valence-electron chi connectivity index (χ4n) is 7.00. The van der Waals surface area contributed by atoms with Crippen molar-refractivity contribution in [3.8, 4) is 0 Å². The van der Waals surface area contributed by atoms with Crippen LogP contribution < -0.4 is 65.1 Å². The first-order valence-corrected chi connectivity index (χ1v) is 24.3. The Bertz CT molecular complexity index is 2430. The first-order chi connectivity index (χ1) is 35.0. The molecule has 0 aliphatic rings. The summed E-state index contributed by atoms with van der Waals surface area (Å²) in [5, 5.41) is 41.3. The molecule has 29 heteroatoms. The number of thiol groups is 1. The molecule has 0 spiro atoms. The molecule has 0 saturated carbocycles. The molecule has 18 N–H and O–H groups in total. The molecule has 0 radical (unpaired) electrons. The van der Waals surface area contributed by atoms with Gasteiger partial charge in [-0.3, -0.25) is 57.5 Å². The van der Waals surface area contributed by atoms with Gasteiger partial charge in [0.05, 0.1) is 12.5 Å². The quantitative estimate of drug-likeness (QED) is 0.0307. The second-order valence-electron chi connectivity index (χ2n) is 18.2. The van der Waals surface area contributed by atoms with Gasteiger partial charge >= 0.3 is 11.9 Å². The molecule has 28 nitrogen and oxygen atoms in total. The minimum Gasteiger partial charge on any atom is -0.481 e. The van der Waals surface area contributed by atoms with Crippen LogP contribution in [0.15, 0.2) is 30.5 Å². The van der Waals surface area contributed by atoms with Gasteiger partial charge in [-0.15, -0.1) is 0 Å². The van der Waals surface area contributed by atoms with Crippen molar-refractivity contribution in [3.63, 3.8) is 0 Å². The van der Waals surface area contributed by atoms with E-state index in [1.807, 2.05) is 0 Å². The Morgan fingerprint density at radius 3 is 1.47 bits per heavy atom. The summed E-state index contributed by atoms with van der Waals surface area (Å²) in [5.74, 6) is -13.2. The summed E-state index contributed by atoms with van der Waals surface area (Å²) in [5.41, 5.74) is 17.0. The van der Waals surface area contributed by atoms with Gasteiger partial charge in [-0.25, -0.2) is 4.79 Å². The molecule has 1 heterocycles. The highest BCUT2D eigenvalue weighted by Gasteiger charge is 2.34. The number of primary amides is 2. The molecular weight excluding hydrogens is 1010 g/mol. The third-order valence-corrected chi connectivity index (χ3v) is 11.6. The number of nitrogens with two attached hydrogens (primary N) is 3. The van der Waals surface area contributed by atoms with E-state index in [2.05, 4.69) is 65.5 Å². The Kier molecular flexibility index (Phi) is 25.7. The minimum atomic E-state index is -1.61. The van der Waals surface area contributed by atoms with Crippen molar-refractivity contribution in [2.75, 3.05) is 5.75 Å². The minimum absolute atomic E-state index is 0.0480. The van der Waals surface area contributed by atoms with Crippen LogP contribution in [0.2, 0.25) is 0 Å². The van der Waals surface area contributed by atoms with Gasteiger partial charge in [0.1, 0.15) is 54.4 Å². The van der Waals surface area contributed by atoms with Crippen LogP contribution in [0.4, 0.5) is 0 Å². The zero-order valence-corrected chi connectivity index (χ0v) is 43.2. The number of H-pyrrole nitrogens is 1. The smallest absolute Gasteiger partial charge is 0.326 e. The number of carboxylic acids is 2. The number of para-hydroxylation sites is 1. The van der Waals surface area contributed by atoms with Crippen LogP contribution in [0.1, 0.15) is 85.6 Å². The summed E-state index contributed by atoms with van der Waals surface area (Å²) in [6.45, 7) is 8.50. The van der Waals surface area contributed by atoms with Crippen LogP contribution in [0.5, 0.6) is 0 Å².